The third-order valence-corrected chi connectivity index (χ3v) is 3.94. The molecule has 0 radical (unpaired) electrons. The molecule has 0 atom stereocenters. The summed E-state index contributed by atoms with van der Waals surface area (Å²) in [5, 5.41) is 7.43. The minimum atomic E-state index is -4.41. The Bertz CT molecular complexity index is 985. The zero-order valence-electron chi connectivity index (χ0n) is 13.6. The minimum absolute atomic E-state index is 0.0165. The molecular formula is C14H13BrN6O4S. The van der Waals surface area contributed by atoms with Crippen LogP contribution in [0, 0.1) is 17.7 Å². The van der Waals surface area contributed by atoms with Crippen LogP contribution in [0.25, 0.3) is 0 Å². The van der Waals surface area contributed by atoms with Crippen LogP contribution in [-0.2, 0) is 10.2 Å². The van der Waals surface area contributed by atoms with Crippen LogP contribution in [0.5, 0.6) is 6.01 Å². The van der Waals surface area contributed by atoms with Crippen molar-refractivity contribution in [1.82, 2.24) is 15.0 Å². The number of nitrogens with one attached hydrogen (secondary N) is 1. The molecule has 1 aromatic heterocycles. The van der Waals surface area contributed by atoms with Crippen molar-refractivity contribution in [3.05, 3.63) is 35.7 Å². The fourth-order valence-electron chi connectivity index (χ4n) is 1.87. The van der Waals surface area contributed by atoms with Crippen molar-refractivity contribution in [1.29, 1.82) is 0 Å². The number of aromatic nitrogens is 3. The summed E-state index contributed by atoms with van der Waals surface area (Å²) < 4.78 is 29.0. The number of hydrogen-bond acceptors (Lipinski definition) is 7. The van der Waals surface area contributed by atoms with E-state index >= 15 is 0 Å². The summed E-state index contributed by atoms with van der Waals surface area (Å²) in [6.45, 7) is 1.56. The van der Waals surface area contributed by atoms with Gasteiger partial charge >= 0.3 is 22.3 Å². The monoisotopic (exact) mass is 440 g/mol. The summed E-state index contributed by atoms with van der Waals surface area (Å²) in [6.07, 6.45) is 0. The van der Waals surface area contributed by atoms with Crippen molar-refractivity contribution in [3.63, 3.8) is 0 Å². The summed E-state index contributed by atoms with van der Waals surface area (Å²) in [5.74, 6) is 2.81. The maximum absolute atomic E-state index is 12.5. The number of halogens is 1. The number of amides is 2. The molecule has 0 aliphatic rings. The number of nitrogens with zero attached hydrogens (tertiary/aromatic N) is 4. The number of aryl methyl sites for hydroxylation is 1. The molecule has 0 saturated heterocycles. The average molecular weight is 441 g/mol. The van der Waals surface area contributed by atoms with Crippen molar-refractivity contribution in [2.75, 3.05) is 16.7 Å². The first-order valence-corrected chi connectivity index (χ1v) is 9.16. The predicted molar refractivity (Wildman–Crippen MR) is 98.0 cm³/mol. The van der Waals surface area contributed by atoms with Gasteiger partial charge in [0.2, 0.25) is 5.95 Å². The maximum Gasteiger partial charge on any atom is 0.343 e. The normalized spacial score (nSPS) is 10.5. The van der Waals surface area contributed by atoms with Gasteiger partial charge in [0.05, 0.1) is 12.8 Å². The van der Waals surface area contributed by atoms with E-state index in [2.05, 4.69) is 46.9 Å². The highest BCUT2D eigenvalue weighted by atomic mass is 79.9. The van der Waals surface area contributed by atoms with Gasteiger partial charge in [-0.05, 0) is 36.0 Å². The van der Waals surface area contributed by atoms with Gasteiger partial charge in [0.1, 0.15) is 5.82 Å². The first-order valence-electron chi connectivity index (χ1n) is 6.87. The molecule has 26 heavy (non-hydrogen) atoms. The second kappa shape index (κ2) is 8.09. The van der Waals surface area contributed by atoms with E-state index in [9.17, 15) is 13.2 Å². The molecule has 2 aromatic rings. The summed E-state index contributed by atoms with van der Waals surface area (Å²) in [7, 11) is -3.07. The number of ether oxygens (including phenoxy) is 1. The van der Waals surface area contributed by atoms with Crippen LogP contribution in [0.15, 0.2) is 24.3 Å². The number of nitrogens with two attached hydrogens (primary N) is 1. The van der Waals surface area contributed by atoms with E-state index in [0.717, 1.165) is 0 Å². The molecule has 3 N–H and O–H groups in total. The van der Waals surface area contributed by atoms with Crippen molar-refractivity contribution < 1.29 is 17.9 Å². The Balaban J connectivity index is 2.36. The van der Waals surface area contributed by atoms with Crippen molar-refractivity contribution in [2.45, 2.75) is 6.92 Å². The molecule has 1 heterocycles. The standard InChI is InChI=1S/C14H13BrN6O4S/c1-9-17-12(19-13(18-9)25-2)20-14(22)21(26(16,23)24)11-5-3-10(4-6-11)7-8-15/h3-6H,1-2H3,(H2,16,23,24)(H,17,18,19,20,22). The number of carbonyl (C=O) groups is 1. The Morgan fingerprint density at radius 3 is 2.46 bits per heavy atom. The van der Waals surface area contributed by atoms with Gasteiger partial charge in [0.15, 0.2) is 0 Å². The lowest BCUT2D eigenvalue weighted by atomic mass is 10.2. The maximum atomic E-state index is 12.5. The van der Waals surface area contributed by atoms with Crippen LogP contribution < -0.4 is 19.5 Å². The predicted octanol–water partition coefficient (Wildman–Crippen LogP) is 1.13. The Morgan fingerprint density at radius 2 is 1.92 bits per heavy atom. The van der Waals surface area contributed by atoms with E-state index in [1.54, 1.807) is 6.92 Å². The largest absolute Gasteiger partial charge is 0.467 e. The number of hydrogen-bond donors (Lipinski definition) is 2. The van der Waals surface area contributed by atoms with E-state index in [1.165, 1.54) is 31.4 Å². The lowest BCUT2D eigenvalue weighted by Crippen LogP contribution is -2.44. The van der Waals surface area contributed by atoms with Gasteiger partial charge in [-0.1, -0.05) is 5.92 Å². The van der Waals surface area contributed by atoms with E-state index in [0.29, 0.717) is 9.87 Å². The Morgan fingerprint density at radius 1 is 1.27 bits per heavy atom. The Kier molecular flexibility index (Phi) is 6.09. The molecule has 0 bridgehead atoms. The molecule has 2 amide bonds. The third-order valence-electron chi connectivity index (χ3n) is 2.86. The molecule has 2 rings (SSSR count). The number of methoxy groups -OCH3 is 1. The average Bonchev–Trinajstić information content (AvgIpc) is 2.55. The number of anilines is 2. The molecule has 0 spiro atoms. The molecular weight excluding hydrogens is 428 g/mol. The molecule has 136 valence electrons. The molecule has 1 aromatic carbocycles. The van der Waals surface area contributed by atoms with E-state index < -0.39 is 16.2 Å². The van der Waals surface area contributed by atoms with E-state index in [-0.39, 0.29) is 23.5 Å². The molecule has 0 fully saturated rings. The van der Waals surface area contributed by atoms with Crippen LogP contribution in [0.4, 0.5) is 16.4 Å². The second-order valence-corrected chi connectivity index (χ2v) is 6.49. The van der Waals surface area contributed by atoms with Crippen LogP contribution >= 0.6 is 15.9 Å². The molecule has 12 heteroatoms. The Labute approximate surface area is 158 Å². The molecule has 0 unspecified atom stereocenters. The molecule has 10 nitrogen and oxygen atoms in total. The number of rotatable bonds is 4. The van der Waals surface area contributed by atoms with E-state index in [4.69, 9.17) is 9.88 Å². The van der Waals surface area contributed by atoms with Gasteiger partial charge in [-0.25, -0.2) is 9.93 Å². The summed E-state index contributed by atoms with van der Waals surface area (Å²) in [6, 6.07) is 4.73. The zero-order chi connectivity index (χ0) is 19.3. The topological polar surface area (TPSA) is 140 Å². The van der Waals surface area contributed by atoms with Crippen LogP contribution in [-0.4, -0.2) is 36.5 Å². The smallest absolute Gasteiger partial charge is 0.343 e. The highest BCUT2D eigenvalue weighted by Gasteiger charge is 2.27. The summed E-state index contributed by atoms with van der Waals surface area (Å²) in [4.78, 5) is 26.6. The Hall–Kier alpha value is -2.75. The van der Waals surface area contributed by atoms with Crippen LogP contribution in [0.2, 0.25) is 0 Å². The van der Waals surface area contributed by atoms with Gasteiger partial charge in [0.25, 0.3) is 0 Å². The minimum Gasteiger partial charge on any atom is -0.467 e. The zero-order valence-corrected chi connectivity index (χ0v) is 16.0. The number of benzene rings is 1. The first kappa shape index (κ1) is 19.6. The lowest BCUT2D eigenvalue weighted by Gasteiger charge is -2.20. The first-order chi connectivity index (χ1) is 12.2. The lowest BCUT2D eigenvalue weighted by molar-refractivity contribution is 0.259. The van der Waals surface area contributed by atoms with Crippen LogP contribution in [0.1, 0.15) is 11.4 Å². The molecule has 0 aliphatic heterocycles. The summed E-state index contributed by atoms with van der Waals surface area (Å²) in [5.41, 5.74) is 0.626. The summed E-state index contributed by atoms with van der Waals surface area (Å²) >= 11 is 2.96. The highest BCUT2D eigenvalue weighted by Crippen LogP contribution is 2.19. The second-order valence-electron chi connectivity index (χ2n) is 4.70. The third kappa shape index (κ3) is 4.88. The van der Waals surface area contributed by atoms with E-state index in [1.807, 2.05) is 0 Å². The quantitative estimate of drug-likeness (QED) is 0.678. The van der Waals surface area contributed by atoms with Crippen molar-refractivity contribution in [2.24, 2.45) is 5.14 Å². The number of urea groups is 1. The molecule has 0 aliphatic carbocycles. The van der Waals surface area contributed by atoms with Gasteiger partial charge in [-0.15, -0.1) is 0 Å². The van der Waals surface area contributed by atoms with Gasteiger partial charge < -0.3 is 4.74 Å². The van der Waals surface area contributed by atoms with Crippen LogP contribution in [0.3, 0.4) is 0 Å². The number of carbonyl (C=O) groups excluding carboxylic acids is 1. The highest BCUT2D eigenvalue weighted by molar-refractivity contribution is 9.12. The van der Waals surface area contributed by atoms with Gasteiger partial charge in [0, 0.05) is 21.5 Å². The van der Waals surface area contributed by atoms with Crippen molar-refractivity contribution >= 4 is 43.8 Å². The molecule has 0 saturated carbocycles. The van der Waals surface area contributed by atoms with Crippen molar-refractivity contribution in [3.8, 4) is 16.8 Å². The fraction of sp³-hybridized carbons (Fsp3) is 0.143. The van der Waals surface area contributed by atoms with Gasteiger partial charge in [-0.3, -0.25) is 5.32 Å². The SMILES string of the molecule is COc1nc(C)nc(NC(=O)N(c2ccc(C#CBr)cc2)S(N)(=O)=O)n1. The fourth-order valence-corrected chi connectivity index (χ4v) is 2.79. The van der Waals surface area contributed by atoms with Gasteiger partial charge in [-0.2, -0.15) is 27.7 Å².